The number of nitrogens with one attached hydrogen (secondary N) is 1. The number of hydrogen-bond acceptors (Lipinski definition) is 3. The van der Waals surface area contributed by atoms with E-state index >= 15 is 0 Å². The summed E-state index contributed by atoms with van der Waals surface area (Å²) in [5.74, 6) is 0.898. The van der Waals surface area contributed by atoms with E-state index in [9.17, 15) is 0 Å². The quantitative estimate of drug-likeness (QED) is 0.814. The van der Waals surface area contributed by atoms with Crippen molar-refractivity contribution in [2.75, 3.05) is 5.32 Å². The second kappa shape index (κ2) is 4.31. The van der Waals surface area contributed by atoms with Crippen molar-refractivity contribution < 1.29 is 0 Å². The molecule has 0 spiro atoms. The average molecular weight is 201 g/mol. The zero-order chi connectivity index (χ0) is 10.7. The lowest BCUT2D eigenvalue weighted by Gasteiger charge is -2.15. The van der Waals surface area contributed by atoms with Crippen LogP contribution >= 0.6 is 0 Å². The van der Waals surface area contributed by atoms with E-state index in [1.54, 1.807) is 18.5 Å². The highest BCUT2D eigenvalue weighted by Crippen LogP contribution is 2.34. The Kier molecular flexibility index (Phi) is 2.86. The number of aromatic nitrogens is 1. The highest BCUT2D eigenvalue weighted by Gasteiger charge is 2.23. The first-order valence-corrected chi connectivity index (χ1v) is 5.40. The number of hydrogen-bond donors (Lipinski definition) is 1. The highest BCUT2D eigenvalue weighted by molar-refractivity contribution is 5.55. The van der Waals surface area contributed by atoms with Crippen LogP contribution in [-0.2, 0) is 0 Å². The topological polar surface area (TPSA) is 48.7 Å². The van der Waals surface area contributed by atoms with Crippen molar-refractivity contribution in [3.8, 4) is 6.07 Å². The summed E-state index contributed by atoms with van der Waals surface area (Å²) in [4.78, 5) is 4.03. The van der Waals surface area contributed by atoms with E-state index in [4.69, 9.17) is 5.26 Å². The van der Waals surface area contributed by atoms with Crippen LogP contribution in [-0.4, -0.2) is 11.0 Å². The van der Waals surface area contributed by atoms with Gasteiger partial charge in [-0.05, 0) is 25.3 Å². The van der Waals surface area contributed by atoms with E-state index < -0.39 is 0 Å². The van der Waals surface area contributed by atoms with Gasteiger partial charge >= 0.3 is 0 Å². The molecule has 1 fully saturated rings. The number of rotatable bonds is 4. The minimum absolute atomic E-state index is 0.425. The van der Waals surface area contributed by atoms with Crippen molar-refractivity contribution >= 4 is 5.69 Å². The van der Waals surface area contributed by atoms with Crippen molar-refractivity contribution in [2.24, 2.45) is 5.92 Å². The van der Waals surface area contributed by atoms with Crippen molar-refractivity contribution in [3.63, 3.8) is 0 Å². The van der Waals surface area contributed by atoms with Crippen LogP contribution < -0.4 is 5.32 Å². The average Bonchev–Trinajstić information content (AvgIpc) is 3.02. The number of pyridine rings is 1. The van der Waals surface area contributed by atoms with Crippen LogP contribution in [0.25, 0.3) is 0 Å². The highest BCUT2D eigenvalue weighted by atomic mass is 14.9. The molecule has 1 N–H and O–H groups in total. The van der Waals surface area contributed by atoms with Gasteiger partial charge in [0.2, 0.25) is 0 Å². The van der Waals surface area contributed by atoms with Crippen molar-refractivity contribution in [1.82, 2.24) is 4.98 Å². The molecule has 1 aliphatic carbocycles. The largest absolute Gasteiger partial charge is 0.380 e. The summed E-state index contributed by atoms with van der Waals surface area (Å²) in [5, 5.41) is 12.3. The van der Waals surface area contributed by atoms with Crippen LogP contribution in [0.15, 0.2) is 18.5 Å². The molecular weight excluding hydrogens is 186 g/mol. The number of nitriles is 1. The Bertz CT molecular complexity index is 377. The van der Waals surface area contributed by atoms with E-state index in [0.717, 1.165) is 11.6 Å². The number of anilines is 1. The molecule has 1 unspecified atom stereocenters. The van der Waals surface area contributed by atoms with E-state index in [1.165, 1.54) is 19.3 Å². The second-order valence-electron chi connectivity index (χ2n) is 4.26. The predicted octanol–water partition coefficient (Wildman–Crippen LogP) is 2.55. The lowest BCUT2D eigenvalue weighted by Crippen LogP contribution is -2.16. The summed E-state index contributed by atoms with van der Waals surface area (Å²) < 4.78 is 0. The molecular formula is C12H15N3. The maximum atomic E-state index is 8.91. The van der Waals surface area contributed by atoms with E-state index in [2.05, 4.69) is 23.3 Å². The Labute approximate surface area is 90.1 Å². The normalized spacial score (nSPS) is 16.8. The Hall–Kier alpha value is -1.56. The van der Waals surface area contributed by atoms with Gasteiger partial charge in [-0.3, -0.25) is 4.98 Å². The van der Waals surface area contributed by atoms with Crippen LogP contribution in [0.5, 0.6) is 0 Å². The third kappa shape index (κ3) is 2.69. The SMILES string of the molecule is CC(CC1CC1)Nc1cnccc1C#N. The van der Waals surface area contributed by atoms with Gasteiger partial charge in [-0.1, -0.05) is 12.8 Å². The van der Waals surface area contributed by atoms with Crippen LogP contribution in [0.1, 0.15) is 31.7 Å². The molecule has 0 aliphatic heterocycles. The Morgan fingerprint density at radius 2 is 2.47 bits per heavy atom. The van der Waals surface area contributed by atoms with Crippen molar-refractivity contribution in [3.05, 3.63) is 24.0 Å². The van der Waals surface area contributed by atoms with Crippen molar-refractivity contribution in [2.45, 2.75) is 32.2 Å². The van der Waals surface area contributed by atoms with Gasteiger partial charge in [0.15, 0.2) is 0 Å². The van der Waals surface area contributed by atoms with Gasteiger partial charge in [0, 0.05) is 12.2 Å². The standard InChI is InChI=1S/C12H15N3/c1-9(6-10-2-3-10)15-12-8-14-5-4-11(12)7-13/h4-5,8-10,15H,2-3,6H2,1H3. The van der Waals surface area contributed by atoms with E-state index in [-0.39, 0.29) is 0 Å². The first kappa shape index (κ1) is 9.97. The molecule has 2 rings (SSSR count). The summed E-state index contributed by atoms with van der Waals surface area (Å²) in [6.07, 6.45) is 7.30. The molecule has 1 aromatic rings. The molecule has 3 heteroatoms. The monoisotopic (exact) mass is 201 g/mol. The summed E-state index contributed by atoms with van der Waals surface area (Å²) in [6.45, 7) is 2.16. The van der Waals surface area contributed by atoms with Gasteiger partial charge in [-0.15, -0.1) is 0 Å². The first-order valence-electron chi connectivity index (χ1n) is 5.40. The Morgan fingerprint density at radius 1 is 1.67 bits per heavy atom. The molecule has 0 bridgehead atoms. The molecule has 0 radical (unpaired) electrons. The van der Waals surface area contributed by atoms with Crippen LogP contribution in [0, 0.1) is 17.2 Å². The molecule has 0 aromatic carbocycles. The predicted molar refractivity (Wildman–Crippen MR) is 59.4 cm³/mol. The Balaban J connectivity index is 1.99. The molecule has 1 aliphatic rings. The Morgan fingerprint density at radius 3 is 3.13 bits per heavy atom. The third-order valence-electron chi connectivity index (χ3n) is 2.73. The van der Waals surface area contributed by atoms with Crippen LogP contribution in [0.2, 0.25) is 0 Å². The smallest absolute Gasteiger partial charge is 0.101 e. The minimum Gasteiger partial charge on any atom is -0.380 e. The van der Waals surface area contributed by atoms with Crippen LogP contribution in [0.3, 0.4) is 0 Å². The molecule has 0 amide bonds. The lowest BCUT2D eigenvalue weighted by molar-refractivity contribution is 0.642. The molecule has 1 heterocycles. The van der Waals surface area contributed by atoms with E-state index in [1.807, 2.05) is 0 Å². The first-order chi connectivity index (χ1) is 7.29. The van der Waals surface area contributed by atoms with Gasteiger partial charge < -0.3 is 5.32 Å². The maximum absolute atomic E-state index is 8.91. The minimum atomic E-state index is 0.425. The molecule has 15 heavy (non-hydrogen) atoms. The molecule has 1 saturated carbocycles. The summed E-state index contributed by atoms with van der Waals surface area (Å²) in [5.41, 5.74) is 1.53. The zero-order valence-electron chi connectivity index (χ0n) is 8.90. The summed E-state index contributed by atoms with van der Waals surface area (Å²) in [7, 11) is 0. The molecule has 0 saturated heterocycles. The van der Waals surface area contributed by atoms with E-state index in [0.29, 0.717) is 11.6 Å². The lowest BCUT2D eigenvalue weighted by atomic mass is 10.1. The summed E-state index contributed by atoms with van der Waals surface area (Å²) >= 11 is 0. The van der Waals surface area contributed by atoms with Gasteiger partial charge in [0.05, 0.1) is 17.4 Å². The fourth-order valence-electron chi connectivity index (χ4n) is 1.78. The molecule has 3 nitrogen and oxygen atoms in total. The van der Waals surface area contributed by atoms with Gasteiger partial charge in [0.25, 0.3) is 0 Å². The molecule has 1 atom stereocenters. The van der Waals surface area contributed by atoms with Crippen LogP contribution in [0.4, 0.5) is 5.69 Å². The van der Waals surface area contributed by atoms with Crippen molar-refractivity contribution in [1.29, 1.82) is 5.26 Å². The van der Waals surface area contributed by atoms with Gasteiger partial charge in [-0.2, -0.15) is 5.26 Å². The fraction of sp³-hybridized carbons (Fsp3) is 0.500. The second-order valence-corrected chi connectivity index (χ2v) is 4.26. The molecule has 78 valence electrons. The maximum Gasteiger partial charge on any atom is 0.101 e. The fourth-order valence-corrected chi connectivity index (χ4v) is 1.78. The summed E-state index contributed by atoms with van der Waals surface area (Å²) in [6, 6.07) is 4.33. The van der Waals surface area contributed by atoms with Gasteiger partial charge in [0.1, 0.15) is 6.07 Å². The zero-order valence-corrected chi connectivity index (χ0v) is 8.90. The third-order valence-corrected chi connectivity index (χ3v) is 2.73. The molecule has 1 aromatic heterocycles. The number of nitrogens with zero attached hydrogens (tertiary/aromatic N) is 2. The van der Waals surface area contributed by atoms with Gasteiger partial charge in [-0.25, -0.2) is 0 Å².